The fraction of sp³-hybridized carbons (Fsp3) is 0. The zero-order chi connectivity index (χ0) is 13.5. The number of hydrogen-bond donors (Lipinski definition) is 5. The minimum absolute atomic E-state index is 0.136. The van der Waals surface area contributed by atoms with Crippen LogP contribution in [0.1, 0.15) is 0 Å². The van der Waals surface area contributed by atoms with Crippen molar-refractivity contribution in [3.05, 3.63) is 30.3 Å². The predicted molar refractivity (Wildman–Crippen MR) is 67.7 cm³/mol. The Labute approximate surface area is 104 Å². The van der Waals surface area contributed by atoms with Gasteiger partial charge in [-0.25, -0.2) is 0 Å². The quantitative estimate of drug-likeness (QED) is 0.450. The van der Waals surface area contributed by atoms with E-state index < -0.39 is 8.60 Å². The molecule has 18 heavy (non-hydrogen) atoms. The number of nitrogens with zero attached hydrogens (tertiary/aromatic N) is 3. The van der Waals surface area contributed by atoms with Crippen LogP contribution in [0.25, 0.3) is 11.4 Å². The van der Waals surface area contributed by atoms with Gasteiger partial charge in [0.05, 0.1) is 0 Å². The first-order valence-electron chi connectivity index (χ1n) is 4.68. The van der Waals surface area contributed by atoms with Crippen molar-refractivity contribution in [2.24, 2.45) is 0 Å². The van der Waals surface area contributed by atoms with Crippen molar-refractivity contribution in [2.75, 3.05) is 11.5 Å². The molecule has 0 aliphatic rings. The lowest BCUT2D eigenvalue weighted by molar-refractivity contribution is 0.368. The van der Waals surface area contributed by atoms with Crippen LogP contribution < -0.4 is 11.5 Å². The Bertz CT molecular complexity index is 474. The van der Waals surface area contributed by atoms with E-state index in [1.165, 1.54) is 0 Å². The lowest BCUT2D eigenvalue weighted by atomic mass is 10.2. The Kier molecular flexibility index (Phi) is 5.34. The van der Waals surface area contributed by atoms with E-state index in [0.717, 1.165) is 5.56 Å². The molecule has 0 spiro atoms. The molecule has 1 heterocycles. The summed E-state index contributed by atoms with van der Waals surface area (Å²) in [6.45, 7) is 0. The molecular weight excluding hydrogens is 257 g/mol. The second kappa shape index (κ2) is 6.77. The van der Waals surface area contributed by atoms with Crippen LogP contribution >= 0.6 is 8.60 Å². The average molecular weight is 269 g/mol. The van der Waals surface area contributed by atoms with Gasteiger partial charge < -0.3 is 26.1 Å². The molecule has 0 amide bonds. The summed E-state index contributed by atoms with van der Waals surface area (Å²) in [6.07, 6.45) is 0. The Morgan fingerprint density at radius 1 is 0.833 bits per heavy atom. The molecular formula is C9H12N5O3P. The van der Waals surface area contributed by atoms with Crippen molar-refractivity contribution in [3.8, 4) is 11.4 Å². The van der Waals surface area contributed by atoms with E-state index in [1.807, 2.05) is 30.3 Å². The highest BCUT2D eigenvalue weighted by Gasteiger charge is 2.03. The van der Waals surface area contributed by atoms with Crippen LogP contribution in [-0.4, -0.2) is 29.6 Å². The van der Waals surface area contributed by atoms with Crippen LogP contribution in [0.2, 0.25) is 0 Å². The predicted octanol–water partition coefficient (Wildman–Crippen LogP) is -0.107. The third-order valence-electron chi connectivity index (χ3n) is 1.70. The van der Waals surface area contributed by atoms with E-state index in [-0.39, 0.29) is 11.9 Å². The lowest BCUT2D eigenvalue weighted by Gasteiger charge is -2.00. The minimum Gasteiger partial charge on any atom is -0.368 e. The van der Waals surface area contributed by atoms with Gasteiger partial charge >= 0.3 is 8.60 Å². The Hall–Kier alpha value is -1.86. The Morgan fingerprint density at radius 2 is 1.28 bits per heavy atom. The van der Waals surface area contributed by atoms with Gasteiger partial charge in [0.25, 0.3) is 0 Å². The highest BCUT2D eigenvalue weighted by molar-refractivity contribution is 7.38. The van der Waals surface area contributed by atoms with Crippen LogP contribution in [0.5, 0.6) is 0 Å². The molecule has 7 N–H and O–H groups in total. The number of nitrogen functional groups attached to an aromatic ring is 2. The molecule has 0 bridgehead atoms. The molecule has 1 aromatic carbocycles. The van der Waals surface area contributed by atoms with Crippen LogP contribution in [0.4, 0.5) is 11.9 Å². The smallest absolute Gasteiger partial charge is 0.324 e. The van der Waals surface area contributed by atoms with Gasteiger partial charge in [-0.15, -0.1) is 0 Å². The largest absolute Gasteiger partial charge is 0.368 e. The van der Waals surface area contributed by atoms with Gasteiger partial charge in [-0.1, -0.05) is 30.3 Å². The van der Waals surface area contributed by atoms with Crippen LogP contribution in [0.3, 0.4) is 0 Å². The summed E-state index contributed by atoms with van der Waals surface area (Å²) in [4.78, 5) is 33.3. The number of rotatable bonds is 1. The summed E-state index contributed by atoms with van der Waals surface area (Å²) >= 11 is 0. The summed E-state index contributed by atoms with van der Waals surface area (Å²) in [5, 5.41) is 0. The molecule has 1 aromatic heterocycles. The molecule has 2 rings (SSSR count). The molecule has 0 saturated carbocycles. The molecule has 0 aliphatic heterocycles. The van der Waals surface area contributed by atoms with Gasteiger partial charge in [0.1, 0.15) is 0 Å². The lowest BCUT2D eigenvalue weighted by Crippen LogP contribution is -2.04. The molecule has 0 aliphatic carbocycles. The van der Waals surface area contributed by atoms with Crippen molar-refractivity contribution in [2.45, 2.75) is 0 Å². The number of hydrogen-bond acceptors (Lipinski definition) is 8. The van der Waals surface area contributed by atoms with Gasteiger partial charge in [0.15, 0.2) is 5.82 Å². The normalized spacial score (nSPS) is 9.78. The average Bonchev–Trinajstić information content (AvgIpc) is 2.28. The van der Waals surface area contributed by atoms with Gasteiger partial charge in [0.2, 0.25) is 11.9 Å². The molecule has 2 aromatic rings. The number of benzene rings is 1. The van der Waals surface area contributed by atoms with Gasteiger partial charge in [0, 0.05) is 5.56 Å². The molecule has 0 radical (unpaired) electrons. The van der Waals surface area contributed by atoms with Gasteiger partial charge in [-0.2, -0.15) is 15.0 Å². The van der Waals surface area contributed by atoms with E-state index in [0.29, 0.717) is 5.82 Å². The van der Waals surface area contributed by atoms with Crippen molar-refractivity contribution < 1.29 is 14.7 Å². The SMILES string of the molecule is Nc1nc(N)nc(-c2ccccc2)n1.OP(O)O. The third-order valence-corrected chi connectivity index (χ3v) is 1.70. The zero-order valence-corrected chi connectivity index (χ0v) is 10.1. The van der Waals surface area contributed by atoms with E-state index >= 15 is 0 Å². The topological polar surface area (TPSA) is 151 Å². The first-order valence-corrected chi connectivity index (χ1v) is 5.88. The molecule has 0 atom stereocenters. The zero-order valence-electron chi connectivity index (χ0n) is 9.17. The summed E-state index contributed by atoms with van der Waals surface area (Å²) in [6, 6.07) is 9.47. The van der Waals surface area contributed by atoms with Gasteiger partial charge in [-0.05, 0) is 0 Å². The van der Waals surface area contributed by atoms with Crippen LogP contribution in [0, 0.1) is 0 Å². The molecule has 0 saturated heterocycles. The standard InChI is InChI=1S/C9H9N5.H3O3P/c10-8-12-7(13-9(11)14-8)6-4-2-1-3-5-6;1-4(2)3/h1-5H,(H4,10,11,12,13,14);1-3H. The van der Waals surface area contributed by atoms with Crippen LogP contribution in [0.15, 0.2) is 30.3 Å². The fourth-order valence-corrected chi connectivity index (χ4v) is 1.13. The highest BCUT2D eigenvalue weighted by atomic mass is 31.2. The maximum absolute atomic E-state index is 7.23. The molecule has 0 fully saturated rings. The second-order valence-electron chi connectivity index (χ2n) is 3.01. The minimum atomic E-state index is -2.62. The highest BCUT2D eigenvalue weighted by Crippen LogP contribution is 2.14. The van der Waals surface area contributed by atoms with E-state index in [4.69, 9.17) is 26.1 Å². The number of anilines is 2. The number of nitrogens with two attached hydrogens (primary N) is 2. The first kappa shape index (κ1) is 14.2. The monoisotopic (exact) mass is 269 g/mol. The Balaban J connectivity index is 0.000000357. The molecule has 8 nitrogen and oxygen atoms in total. The van der Waals surface area contributed by atoms with Crippen molar-refractivity contribution in [3.63, 3.8) is 0 Å². The molecule has 0 unspecified atom stereocenters. The summed E-state index contributed by atoms with van der Waals surface area (Å²) in [5.41, 5.74) is 11.8. The summed E-state index contributed by atoms with van der Waals surface area (Å²) in [5.74, 6) is 0.767. The summed E-state index contributed by atoms with van der Waals surface area (Å²) < 4.78 is 0. The maximum atomic E-state index is 7.23. The van der Waals surface area contributed by atoms with Crippen molar-refractivity contribution in [1.82, 2.24) is 15.0 Å². The molecule has 9 heteroatoms. The van der Waals surface area contributed by atoms with Crippen molar-refractivity contribution in [1.29, 1.82) is 0 Å². The fourth-order valence-electron chi connectivity index (χ4n) is 1.13. The Morgan fingerprint density at radius 3 is 1.72 bits per heavy atom. The summed E-state index contributed by atoms with van der Waals surface area (Å²) in [7, 11) is -2.62. The first-order chi connectivity index (χ1) is 8.49. The van der Waals surface area contributed by atoms with E-state index in [2.05, 4.69) is 15.0 Å². The number of aromatic nitrogens is 3. The van der Waals surface area contributed by atoms with Crippen LogP contribution in [-0.2, 0) is 0 Å². The van der Waals surface area contributed by atoms with Crippen molar-refractivity contribution >= 4 is 20.5 Å². The second-order valence-corrected chi connectivity index (χ2v) is 3.55. The van der Waals surface area contributed by atoms with Gasteiger partial charge in [-0.3, -0.25) is 0 Å². The molecule has 96 valence electrons. The third kappa shape index (κ3) is 4.98. The van der Waals surface area contributed by atoms with E-state index in [1.54, 1.807) is 0 Å². The van der Waals surface area contributed by atoms with E-state index in [9.17, 15) is 0 Å². The maximum Gasteiger partial charge on any atom is 0.324 e.